The van der Waals surface area contributed by atoms with E-state index in [1.165, 1.54) is 38.5 Å². The van der Waals surface area contributed by atoms with Crippen molar-refractivity contribution in [2.24, 2.45) is 0 Å². The number of aliphatic hydroxyl groups is 2. The van der Waals surface area contributed by atoms with Crippen molar-refractivity contribution in [2.45, 2.75) is 109 Å². The summed E-state index contributed by atoms with van der Waals surface area (Å²) in [6.45, 7) is 4.63. The molecule has 1 atom stereocenters. The van der Waals surface area contributed by atoms with Crippen molar-refractivity contribution in [3.63, 3.8) is 0 Å². The zero-order valence-corrected chi connectivity index (χ0v) is 20.6. The van der Waals surface area contributed by atoms with Gasteiger partial charge in [0.2, 0.25) is 0 Å². The van der Waals surface area contributed by atoms with Gasteiger partial charge in [-0.1, -0.05) is 70.4 Å². The molecule has 0 bridgehead atoms. The van der Waals surface area contributed by atoms with Crippen LogP contribution >= 0.6 is 0 Å². The summed E-state index contributed by atoms with van der Waals surface area (Å²) in [6.07, 6.45) is 19.2. The summed E-state index contributed by atoms with van der Waals surface area (Å²) in [5.74, 6) is -0.140. The zero-order chi connectivity index (χ0) is 23.5. The molecular weight excluding hydrogens is 408 g/mol. The normalized spacial score (nSPS) is 12.5. The number of hydrogen-bond donors (Lipinski definition) is 2. The Morgan fingerprint density at radius 3 is 2.06 bits per heavy atom. The van der Waals surface area contributed by atoms with Gasteiger partial charge in [0.1, 0.15) is 12.7 Å². The quantitative estimate of drug-likeness (QED) is 0.109. The molecule has 6 heteroatoms. The lowest BCUT2D eigenvalue weighted by molar-refractivity contribution is -0.142. The van der Waals surface area contributed by atoms with Gasteiger partial charge in [0.25, 0.3) is 0 Å². The van der Waals surface area contributed by atoms with Crippen molar-refractivity contribution in [1.82, 2.24) is 0 Å². The van der Waals surface area contributed by atoms with Crippen LogP contribution in [0.3, 0.4) is 0 Å². The fourth-order valence-corrected chi connectivity index (χ4v) is 3.25. The molecular formula is C26H50O6. The first-order valence-electron chi connectivity index (χ1n) is 13.0. The molecule has 0 saturated carbocycles. The van der Waals surface area contributed by atoms with Crippen molar-refractivity contribution in [3.8, 4) is 0 Å². The maximum atomic E-state index is 11.7. The molecule has 32 heavy (non-hydrogen) atoms. The van der Waals surface area contributed by atoms with Gasteiger partial charge in [-0.3, -0.25) is 4.79 Å². The van der Waals surface area contributed by atoms with Gasteiger partial charge in [-0.15, -0.1) is 0 Å². The van der Waals surface area contributed by atoms with Crippen LogP contribution in [0, 0.1) is 0 Å². The zero-order valence-electron chi connectivity index (χ0n) is 20.6. The second kappa shape index (κ2) is 26.3. The van der Waals surface area contributed by atoms with Crippen molar-refractivity contribution in [2.75, 3.05) is 39.6 Å². The molecule has 2 N–H and O–H groups in total. The fraction of sp³-hybridized carbons (Fsp3) is 0.885. The van der Waals surface area contributed by atoms with Crippen LogP contribution in [0.15, 0.2) is 12.2 Å². The Labute approximate surface area is 196 Å². The third kappa shape index (κ3) is 25.3. The Kier molecular flexibility index (Phi) is 25.5. The Morgan fingerprint density at radius 1 is 0.781 bits per heavy atom. The van der Waals surface area contributed by atoms with Crippen LogP contribution in [-0.2, 0) is 19.0 Å². The van der Waals surface area contributed by atoms with E-state index in [0.29, 0.717) is 32.8 Å². The van der Waals surface area contributed by atoms with Crippen LogP contribution in [0.25, 0.3) is 0 Å². The molecule has 0 radical (unpaired) electrons. The van der Waals surface area contributed by atoms with E-state index in [1.54, 1.807) is 0 Å². The predicted octanol–water partition coefficient (Wildman–Crippen LogP) is 5.34. The summed E-state index contributed by atoms with van der Waals surface area (Å²) in [7, 11) is 0. The lowest BCUT2D eigenvalue weighted by Gasteiger charge is -2.12. The molecule has 0 aromatic heterocycles. The van der Waals surface area contributed by atoms with Gasteiger partial charge in [0, 0.05) is 26.2 Å². The highest BCUT2D eigenvalue weighted by Gasteiger charge is 2.05. The Hall–Kier alpha value is -0.950. The van der Waals surface area contributed by atoms with E-state index in [-0.39, 0.29) is 19.2 Å². The number of aliphatic hydroxyl groups excluding tert-OH is 2. The third-order valence-electron chi connectivity index (χ3n) is 5.22. The monoisotopic (exact) mass is 458 g/mol. The van der Waals surface area contributed by atoms with Crippen LogP contribution in [0.4, 0.5) is 0 Å². The van der Waals surface area contributed by atoms with Crippen LogP contribution in [0.2, 0.25) is 0 Å². The van der Waals surface area contributed by atoms with Crippen molar-refractivity contribution >= 4 is 5.97 Å². The lowest BCUT2D eigenvalue weighted by atomic mass is 10.1. The number of unbranched alkanes of at least 4 members (excludes halogenated alkanes) is 11. The minimum absolute atomic E-state index is 0.140. The van der Waals surface area contributed by atoms with Crippen LogP contribution < -0.4 is 0 Å². The van der Waals surface area contributed by atoms with E-state index in [0.717, 1.165) is 51.4 Å². The highest BCUT2D eigenvalue weighted by molar-refractivity contribution is 5.69. The number of allylic oxidation sites excluding steroid dienone is 1. The molecule has 0 aliphatic heterocycles. The molecule has 0 saturated heterocycles. The molecule has 0 aliphatic rings. The van der Waals surface area contributed by atoms with Crippen molar-refractivity contribution in [1.29, 1.82) is 0 Å². The fourth-order valence-electron chi connectivity index (χ4n) is 3.25. The van der Waals surface area contributed by atoms with Gasteiger partial charge < -0.3 is 24.4 Å². The number of hydrogen-bond acceptors (Lipinski definition) is 6. The molecule has 0 rings (SSSR count). The van der Waals surface area contributed by atoms with Crippen LogP contribution in [0.5, 0.6) is 0 Å². The first kappa shape index (κ1) is 31.0. The Morgan fingerprint density at radius 2 is 1.38 bits per heavy atom. The first-order valence-corrected chi connectivity index (χ1v) is 13.0. The summed E-state index contributed by atoms with van der Waals surface area (Å²) in [5, 5.41) is 18.5. The lowest BCUT2D eigenvalue weighted by Crippen LogP contribution is -2.22. The van der Waals surface area contributed by atoms with Crippen LogP contribution in [0.1, 0.15) is 103 Å². The standard InChI is InChI=1S/C26H50O6/c1-2-3-4-5-6-7-8-10-17-22-32-26(29)18-13-12-16-21-31-24-25(28)23-30-20-15-11-9-14-19-27/h10,17,25,27-28H,2-9,11-16,18-24H2,1H3. The minimum Gasteiger partial charge on any atom is -0.461 e. The molecule has 190 valence electrons. The van der Waals surface area contributed by atoms with Crippen molar-refractivity contribution < 1.29 is 29.2 Å². The maximum absolute atomic E-state index is 11.7. The molecule has 0 spiro atoms. The molecule has 6 nitrogen and oxygen atoms in total. The number of rotatable bonds is 25. The van der Waals surface area contributed by atoms with Gasteiger partial charge in [-0.25, -0.2) is 0 Å². The molecule has 1 unspecified atom stereocenters. The molecule has 0 aromatic carbocycles. The second-order valence-electron chi connectivity index (χ2n) is 8.46. The first-order chi connectivity index (χ1) is 15.7. The Balaban J connectivity index is 3.32. The summed E-state index contributed by atoms with van der Waals surface area (Å²) >= 11 is 0. The summed E-state index contributed by atoms with van der Waals surface area (Å²) in [5.41, 5.74) is 0. The van der Waals surface area contributed by atoms with E-state index in [2.05, 4.69) is 13.0 Å². The van der Waals surface area contributed by atoms with E-state index >= 15 is 0 Å². The predicted molar refractivity (Wildman–Crippen MR) is 130 cm³/mol. The average molecular weight is 459 g/mol. The highest BCUT2D eigenvalue weighted by atomic mass is 16.5. The minimum atomic E-state index is -0.600. The highest BCUT2D eigenvalue weighted by Crippen LogP contribution is 2.07. The van der Waals surface area contributed by atoms with E-state index < -0.39 is 6.10 Å². The average Bonchev–Trinajstić information content (AvgIpc) is 2.79. The summed E-state index contributed by atoms with van der Waals surface area (Å²) in [6, 6.07) is 0. The number of carbonyl (C=O) groups excluding carboxylic acids is 1. The van der Waals surface area contributed by atoms with Gasteiger partial charge in [-0.05, 0) is 38.5 Å². The topological polar surface area (TPSA) is 85.2 Å². The largest absolute Gasteiger partial charge is 0.461 e. The Bertz CT molecular complexity index is 413. The number of ether oxygens (including phenoxy) is 3. The summed E-state index contributed by atoms with van der Waals surface area (Å²) in [4.78, 5) is 11.7. The third-order valence-corrected chi connectivity index (χ3v) is 5.22. The van der Waals surface area contributed by atoms with E-state index in [1.807, 2.05) is 6.08 Å². The molecule has 0 aliphatic carbocycles. The van der Waals surface area contributed by atoms with Gasteiger partial charge in [-0.2, -0.15) is 0 Å². The number of carbonyl (C=O) groups is 1. The van der Waals surface area contributed by atoms with Gasteiger partial charge in [0.05, 0.1) is 13.2 Å². The SMILES string of the molecule is CCCCCCCCC=CCOC(=O)CCCCCOCC(O)COCCCCCCO. The summed E-state index contributed by atoms with van der Waals surface area (Å²) < 4.78 is 16.1. The van der Waals surface area contributed by atoms with Crippen LogP contribution in [-0.4, -0.2) is 61.9 Å². The maximum Gasteiger partial charge on any atom is 0.306 e. The smallest absolute Gasteiger partial charge is 0.306 e. The molecule has 0 heterocycles. The van der Waals surface area contributed by atoms with E-state index in [4.69, 9.17) is 19.3 Å². The van der Waals surface area contributed by atoms with Gasteiger partial charge >= 0.3 is 5.97 Å². The molecule has 0 aromatic rings. The van der Waals surface area contributed by atoms with Crippen molar-refractivity contribution in [3.05, 3.63) is 12.2 Å². The van der Waals surface area contributed by atoms with Gasteiger partial charge in [0.15, 0.2) is 0 Å². The number of esters is 1. The van der Waals surface area contributed by atoms with E-state index in [9.17, 15) is 9.90 Å². The second-order valence-corrected chi connectivity index (χ2v) is 8.46. The molecule has 0 amide bonds. The molecule has 0 fully saturated rings.